The molecule has 0 saturated carbocycles. The number of amides is 1. The zero-order valence-corrected chi connectivity index (χ0v) is 16.9. The van der Waals surface area contributed by atoms with E-state index in [-0.39, 0.29) is 40.7 Å². The third-order valence-corrected chi connectivity index (χ3v) is 3.77. The second-order valence-electron chi connectivity index (χ2n) is 7.73. The molecule has 1 heterocycles. The van der Waals surface area contributed by atoms with Gasteiger partial charge in [0.25, 0.3) is 0 Å². The topological polar surface area (TPSA) is 117 Å². The minimum Gasteiger partial charge on any atom is -0.481 e. The Bertz CT molecular complexity index is 984. The van der Waals surface area contributed by atoms with E-state index in [2.05, 4.69) is 10.4 Å². The number of carboxylic acids is 1. The summed E-state index contributed by atoms with van der Waals surface area (Å²) >= 11 is 0. The molecule has 2 aromatic rings. The van der Waals surface area contributed by atoms with E-state index in [0.29, 0.717) is 0 Å². The number of ether oxygens (including phenoxy) is 1. The minimum atomic E-state index is -1.08. The molecule has 1 amide bonds. The lowest BCUT2D eigenvalue weighted by Gasteiger charge is -2.20. The molecule has 8 nitrogen and oxygen atoms in total. The van der Waals surface area contributed by atoms with Crippen LogP contribution in [0.4, 0.5) is 15.0 Å². The Morgan fingerprint density at radius 1 is 1.38 bits per heavy atom. The number of aliphatic carboxylic acids is 1. The summed E-state index contributed by atoms with van der Waals surface area (Å²) in [5.74, 6) is -1.69. The summed E-state index contributed by atoms with van der Waals surface area (Å²) in [5.41, 5.74) is -0.398. The molecular formula is C20H23FN4O4. The van der Waals surface area contributed by atoms with Gasteiger partial charge in [-0.25, -0.2) is 13.9 Å². The van der Waals surface area contributed by atoms with Crippen LogP contribution < -0.4 is 5.32 Å². The zero-order chi connectivity index (χ0) is 21.9. The van der Waals surface area contributed by atoms with Gasteiger partial charge in [-0.1, -0.05) is 6.07 Å². The summed E-state index contributed by atoms with van der Waals surface area (Å²) in [6, 6.07) is 5.66. The van der Waals surface area contributed by atoms with Crippen molar-refractivity contribution in [3.05, 3.63) is 35.1 Å². The normalized spacial score (nSPS) is 11.2. The second kappa shape index (κ2) is 8.31. The molecule has 2 rings (SSSR count). The fourth-order valence-corrected chi connectivity index (χ4v) is 2.66. The number of carbonyl (C=O) groups excluding carboxylic acids is 1. The van der Waals surface area contributed by atoms with Crippen LogP contribution in [-0.2, 0) is 16.0 Å². The molecular weight excluding hydrogens is 379 g/mol. The summed E-state index contributed by atoms with van der Waals surface area (Å²) in [6.45, 7) is 8.71. The summed E-state index contributed by atoms with van der Waals surface area (Å²) in [4.78, 5) is 23.0. The van der Waals surface area contributed by atoms with E-state index in [1.54, 1.807) is 34.6 Å². The Balaban J connectivity index is 2.53. The van der Waals surface area contributed by atoms with Gasteiger partial charge in [-0.3, -0.25) is 10.1 Å². The molecule has 2 N–H and O–H groups in total. The van der Waals surface area contributed by atoms with Crippen LogP contribution in [0.25, 0.3) is 11.3 Å². The van der Waals surface area contributed by atoms with Gasteiger partial charge in [0, 0.05) is 11.6 Å². The maximum Gasteiger partial charge on any atom is 0.413 e. The first-order valence-corrected chi connectivity index (χ1v) is 8.96. The molecule has 0 spiro atoms. The lowest BCUT2D eigenvalue weighted by atomic mass is 10.0. The van der Waals surface area contributed by atoms with Crippen LogP contribution in [0.15, 0.2) is 18.2 Å². The maximum atomic E-state index is 14.7. The third-order valence-electron chi connectivity index (χ3n) is 3.77. The van der Waals surface area contributed by atoms with Crippen LogP contribution in [0.2, 0.25) is 0 Å². The standard InChI is InChI=1S/C20H23FN4O4/c1-11(2)25-18(23-19(28)29-20(3,4)5)14(10-22)17(24-25)13-7-6-12(8-15(13)21)9-16(26)27/h6-8,11H,9H2,1-5H3,(H,23,28)(H,26,27). The van der Waals surface area contributed by atoms with Crippen molar-refractivity contribution in [1.29, 1.82) is 5.26 Å². The van der Waals surface area contributed by atoms with E-state index in [9.17, 15) is 19.2 Å². The number of carbonyl (C=O) groups is 2. The first-order valence-electron chi connectivity index (χ1n) is 8.96. The number of aromatic nitrogens is 2. The molecule has 0 atom stereocenters. The van der Waals surface area contributed by atoms with Crippen molar-refractivity contribution < 1.29 is 23.8 Å². The van der Waals surface area contributed by atoms with Gasteiger partial charge in [0.05, 0.1) is 6.42 Å². The molecule has 154 valence electrons. The molecule has 0 unspecified atom stereocenters. The average Bonchev–Trinajstić information content (AvgIpc) is 2.90. The Kier molecular flexibility index (Phi) is 6.27. The molecule has 0 radical (unpaired) electrons. The van der Waals surface area contributed by atoms with Crippen LogP contribution in [0.3, 0.4) is 0 Å². The largest absolute Gasteiger partial charge is 0.481 e. The summed E-state index contributed by atoms with van der Waals surface area (Å²) in [5, 5.41) is 25.4. The second-order valence-corrected chi connectivity index (χ2v) is 7.73. The number of hydrogen-bond donors (Lipinski definition) is 2. The van der Waals surface area contributed by atoms with Crippen molar-refractivity contribution in [2.75, 3.05) is 5.32 Å². The van der Waals surface area contributed by atoms with Gasteiger partial charge in [0.1, 0.15) is 28.7 Å². The van der Waals surface area contributed by atoms with Gasteiger partial charge in [-0.05, 0) is 52.3 Å². The predicted molar refractivity (Wildman–Crippen MR) is 104 cm³/mol. The van der Waals surface area contributed by atoms with Crippen molar-refractivity contribution in [2.24, 2.45) is 0 Å². The van der Waals surface area contributed by atoms with Gasteiger partial charge in [0.15, 0.2) is 5.82 Å². The highest BCUT2D eigenvalue weighted by Gasteiger charge is 2.26. The molecule has 0 bridgehead atoms. The van der Waals surface area contributed by atoms with Gasteiger partial charge >= 0.3 is 12.1 Å². The average molecular weight is 402 g/mol. The van der Waals surface area contributed by atoms with Crippen molar-refractivity contribution in [3.8, 4) is 17.3 Å². The smallest absolute Gasteiger partial charge is 0.413 e. The molecule has 1 aromatic carbocycles. The third kappa shape index (κ3) is 5.31. The number of benzene rings is 1. The maximum absolute atomic E-state index is 14.7. The Morgan fingerprint density at radius 3 is 2.52 bits per heavy atom. The highest BCUT2D eigenvalue weighted by Crippen LogP contribution is 2.32. The SMILES string of the molecule is CC(C)n1nc(-c2ccc(CC(=O)O)cc2F)c(C#N)c1NC(=O)OC(C)(C)C. The van der Waals surface area contributed by atoms with E-state index < -0.39 is 23.5 Å². The lowest BCUT2D eigenvalue weighted by molar-refractivity contribution is -0.136. The molecule has 1 aromatic heterocycles. The molecule has 0 aliphatic carbocycles. The van der Waals surface area contributed by atoms with Gasteiger partial charge in [-0.15, -0.1) is 0 Å². The van der Waals surface area contributed by atoms with Crippen LogP contribution in [0.1, 0.15) is 51.8 Å². The predicted octanol–water partition coefficient (Wildman–Crippen LogP) is 4.12. The number of carboxylic acid groups (broad SMARTS) is 1. The molecule has 29 heavy (non-hydrogen) atoms. The van der Waals surface area contributed by atoms with E-state index in [1.807, 2.05) is 6.07 Å². The van der Waals surface area contributed by atoms with Crippen LogP contribution in [0.5, 0.6) is 0 Å². The summed E-state index contributed by atoms with van der Waals surface area (Å²) in [7, 11) is 0. The van der Waals surface area contributed by atoms with Crippen molar-refractivity contribution in [2.45, 2.75) is 52.7 Å². The molecule has 0 aliphatic rings. The highest BCUT2D eigenvalue weighted by molar-refractivity contribution is 5.88. The highest BCUT2D eigenvalue weighted by atomic mass is 19.1. The van der Waals surface area contributed by atoms with Gasteiger partial charge < -0.3 is 9.84 Å². The molecule has 9 heteroatoms. The van der Waals surface area contributed by atoms with Crippen molar-refractivity contribution in [3.63, 3.8) is 0 Å². The minimum absolute atomic E-state index is 0.0190. The Hall–Kier alpha value is -3.41. The van der Waals surface area contributed by atoms with E-state index in [0.717, 1.165) is 6.07 Å². The number of halogens is 1. The fourth-order valence-electron chi connectivity index (χ4n) is 2.66. The van der Waals surface area contributed by atoms with E-state index in [4.69, 9.17) is 9.84 Å². The monoisotopic (exact) mass is 402 g/mol. The molecule has 0 fully saturated rings. The Labute approximate surface area is 167 Å². The van der Waals surface area contributed by atoms with Crippen LogP contribution in [0, 0.1) is 17.1 Å². The molecule has 0 aliphatic heterocycles. The number of hydrogen-bond acceptors (Lipinski definition) is 5. The quantitative estimate of drug-likeness (QED) is 0.777. The van der Waals surface area contributed by atoms with Crippen molar-refractivity contribution >= 4 is 17.9 Å². The van der Waals surface area contributed by atoms with Gasteiger partial charge in [-0.2, -0.15) is 10.4 Å². The molecule has 0 saturated heterocycles. The fraction of sp³-hybridized carbons (Fsp3) is 0.400. The van der Waals surface area contributed by atoms with Gasteiger partial charge in [0.2, 0.25) is 0 Å². The van der Waals surface area contributed by atoms with Crippen LogP contribution in [-0.4, -0.2) is 32.6 Å². The summed E-state index contributed by atoms with van der Waals surface area (Å²) < 4.78 is 21.3. The number of anilines is 1. The first kappa shape index (κ1) is 21.9. The number of nitrogens with zero attached hydrogens (tertiary/aromatic N) is 3. The lowest BCUT2D eigenvalue weighted by Crippen LogP contribution is -2.28. The zero-order valence-electron chi connectivity index (χ0n) is 16.9. The Morgan fingerprint density at radius 2 is 2.03 bits per heavy atom. The first-order chi connectivity index (χ1) is 13.4. The van der Waals surface area contributed by atoms with Crippen LogP contribution >= 0.6 is 0 Å². The summed E-state index contributed by atoms with van der Waals surface area (Å²) in [6.07, 6.45) is -1.09. The van der Waals surface area contributed by atoms with Crippen molar-refractivity contribution in [1.82, 2.24) is 9.78 Å². The number of rotatable bonds is 5. The van der Waals surface area contributed by atoms with E-state index in [1.165, 1.54) is 16.8 Å². The van der Waals surface area contributed by atoms with E-state index >= 15 is 0 Å². The number of nitriles is 1. The number of nitrogens with one attached hydrogen (secondary N) is 1.